The van der Waals surface area contributed by atoms with Crippen LogP contribution in [0.5, 0.6) is 0 Å². The van der Waals surface area contributed by atoms with E-state index in [0.29, 0.717) is 5.56 Å². The van der Waals surface area contributed by atoms with Crippen LogP contribution in [0.4, 0.5) is 0 Å². The fourth-order valence-corrected chi connectivity index (χ4v) is 4.69. The summed E-state index contributed by atoms with van der Waals surface area (Å²) < 4.78 is 0. The van der Waals surface area contributed by atoms with Crippen LogP contribution in [0.2, 0.25) is 0 Å². The lowest BCUT2D eigenvalue weighted by Gasteiger charge is -2.25. The number of carboxylic acids is 1. The van der Waals surface area contributed by atoms with Crippen molar-refractivity contribution < 1.29 is 29.1 Å². The quantitative estimate of drug-likeness (QED) is 0.0388. The number of carbonyl (C=O) groups is 5. The van der Waals surface area contributed by atoms with Crippen molar-refractivity contribution in [2.75, 3.05) is 19.6 Å². The van der Waals surface area contributed by atoms with Gasteiger partial charge >= 0.3 is 5.97 Å². The molecule has 17 heteroatoms. The van der Waals surface area contributed by atoms with E-state index in [9.17, 15) is 29.1 Å². The highest BCUT2D eigenvalue weighted by Crippen LogP contribution is 2.08. The molecule has 15 N–H and O–H groups in total. The van der Waals surface area contributed by atoms with Gasteiger partial charge in [0.25, 0.3) is 0 Å². The van der Waals surface area contributed by atoms with Crippen molar-refractivity contribution in [3.8, 4) is 0 Å². The van der Waals surface area contributed by atoms with Crippen LogP contribution in [-0.2, 0) is 36.8 Å². The zero-order valence-corrected chi connectivity index (χ0v) is 27.2. The molecule has 0 saturated carbocycles. The van der Waals surface area contributed by atoms with E-state index >= 15 is 0 Å². The summed E-state index contributed by atoms with van der Waals surface area (Å²) in [4.78, 5) is 64.4. The van der Waals surface area contributed by atoms with E-state index in [-0.39, 0.29) is 63.5 Å². The lowest BCUT2D eigenvalue weighted by molar-refractivity contribution is -0.142. The number of amides is 4. The average molecular weight is 682 g/mol. The highest BCUT2D eigenvalue weighted by Gasteiger charge is 2.30. The van der Waals surface area contributed by atoms with Crippen molar-refractivity contribution in [2.24, 2.45) is 17.2 Å². The molecule has 0 aliphatic heterocycles. The van der Waals surface area contributed by atoms with Crippen LogP contribution in [0.15, 0.2) is 60.7 Å². The Morgan fingerprint density at radius 1 is 0.633 bits per heavy atom. The van der Waals surface area contributed by atoms with Crippen molar-refractivity contribution in [3.05, 3.63) is 71.8 Å². The fraction of sp³-hybridized carbons (Fsp3) is 0.406. The number of hydrogen-bond donors (Lipinski definition) is 12. The van der Waals surface area contributed by atoms with Crippen molar-refractivity contribution in [3.63, 3.8) is 0 Å². The van der Waals surface area contributed by atoms with Gasteiger partial charge in [-0.05, 0) is 43.2 Å². The lowest BCUT2D eigenvalue weighted by Crippen LogP contribution is -2.57. The van der Waals surface area contributed by atoms with E-state index in [0.717, 1.165) is 5.56 Å². The van der Waals surface area contributed by atoms with Gasteiger partial charge in [0.1, 0.15) is 18.1 Å². The third-order valence-electron chi connectivity index (χ3n) is 7.21. The molecule has 0 spiro atoms. The maximum absolute atomic E-state index is 13.6. The largest absolute Gasteiger partial charge is 0.480 e. The second-order valence-electron chi connectivity index (χ2n) is 11.2. The maximum Gasteiger partial charge on any atom is 0.326 e. The van der Waals surface area contributed by atoms with Gasteiger partial charge in [-0.15, -0.1) is 0 Å². The third-order valence-corrected chi connectivity index (χ3v) is 7.21. The van der Waals surface area contributed by atoms with E-state index in [2.05, 4.69) is 31.9 Å². The molecular weight excluding hydrogens is 634 g/mol. The van der Waals surface area contributed by atoms with Crippen LogP contribution in [0, 0.1) is 10.8 Å². The summed E-state index contributed by atoms with van der Waals surface area (Å²) >= 11 is 0. The summed E-state index contributed by atoms with van der Waals surface area (Å²) in [6.07, 6.45) is 0.930. The number of guanidine groups is 2. The normalized spacial score (nSPS) is 13.0. The molecule has 0 aromatic heterocycles. The molecule has 0 saturated heterocycles. The first-order valence-electron chi connectivity index (χ1n) is 15.8. The molecule has 0 heterocycles. The lowest BCUT2D eigenvalue weighted by atomic mass is 10.0. The molecule has 17 nitrogen and oxygen atoms in total. The van der Waals surface area contributed by atoms with Gasteiger partial charge in [-0.3, -0.25) is 30.0 Å². The van der Waals surface area contributed by atoms with Crippen LogP contribution in [0.1, 0.15) is 36.8 Å². The van der Waals surface area contributed by atoms with E-state index in [4.69, 9.17) is 28.0 Å². The van der Waals surface area contributed by atoms with Gasteiger partial charge in [-0.2, -0.15) is 0 Å². The number of rotatable bonds is 21. The van der Waals surface area contributed by atoms with Gasteiger partial charge in [0.05, 0.1) is 12.6 Å². The Hall–Kier alpha value is -5.71. The summed E-state index contributed by atoms with van der Waals surface area (Å²) in [7, 11) is 0. The summed E-state index contributed by atoms with van der Waals surface area (Å²) in [5.41, 5.74) is 18.1. The first-order chi connectivity index (χ1) is 23.3. The minimum Gasteiger partial charge on any atom is -0.480 e. The molecule has 266 valence electrons. The first kappa shape index (κ1) is 39.5. The summed E-state index contributed by atoms with van der Waals surface area (Å²) in [6.45, 7) is -0.0330. The zero-order chi connectivity index (χ0) is 36.2. The van der Waals surface area contributed by atoms with Crippen molar-refractivity contribution >= 4 is 41.5 Å². The van der Waals surface area contributed by atoms with Crippen molar-refractivity contribution in [1.82, 2.24) is 31.9 Å². The molecule has 49 heavy (non-hydrogen) atoms. The van der Waals surface area contributed by atoms with E-state index in [1.165, 1.54) is 0 Å². The van der Waals surface area contributed by atoms with E-state index in [1.807, 2.05) is 30.3 Å². The molecule has 2 aromatic rings. The second kappa shape index (κ2) is 21.2. The molecule has 0 bridgehead atoms. The van der Waals surface area contributed by atoms with Gasteiger partial charge in [0, 0.05) is 19.5 Å². The number of nitrogens with two attached hydrogens (primary N) is 3. The Labute approximate surface area is 284 Å². The molecule has 0 radical (unpaired) electrons. The minimum atomic E-state index is -1.29. The van der Waals surface area contributed by atoms with Gasteiger partial charge < -0.3 is 54.2 Å². The van der Waals surface area contributed by atoms with Crippen molar-refractivity contribution in [2.45, 2.75) is 62.7 Å². The molecule has 0 aliphatic carbocycles. The standard InChI is InChI=1S/C32H47N11O6/c33-22(17-20-9-3-1-4-10-20)27(45)40-19-26(44)41-23(13-7-15-38-31(34)35)28(46)43-25(18-21-11-5-2-6-12-21)29(47)42-24(30(48)49)14-8-16-39-32(36)37/h1-6,9-12,22-25H,7-8,13-19,33H2,(H,40,45)(H,41,44)(H,42,47)(H,43,46)(H,48,49)(H4,34,35,38)(H4,36,37,39)/t22-,23-,24-,25-/m0/s1. The summed E-state index contributed by atoms with van der Waals surface area (Å²) in [5, 5.41) is 39.7. The first-order valence-corrected chi connectivity index (χ1v) is 15.8. The predicted octanol–water partition coefficient (Wildman–Crippen LogP) is -2.02. The number of benzene rings is 2. The topological polar surface area (TPSA) is 304 Å². The SMILES string of the molecule is N=C(N)NCCC[C@H](NC(=O)[C@H](Cc1ccccc1)NC(=O)[C@H](CCCNC(=N)N)NC(=O)CNC(=O)[C@@H](N)Cc1ccccc1)C(=O)O. The van der Waals surface area contributed by atoms with Crippen LogP contribution in [0.3, 0.4) is 0 Å². The monoisotopic (exact) mass is 681 g/mol. The van der Waals surface area contributed by atoms with Gasteiger partial charge in [-0.1, -0.05) is 60.7 Å². The Kier molecular flexibility index (Phi) is 17.1. The van der Waals surface area contributed by atoms with Crippen LogP contribution in [0.25, 0.3) is 0 Å². The zero-order valence-electron chi connectivity index (χ0n) is 27.2. The molecule has 4 atom stereocenters. The molecule has 2 aromatic carbocycles. The highest BCUT2D eigenvalue weighted by molar-refractivity contribution is 5.94. The molecule has 0 unspecified atom stereocenters. The smallest absolute Gasteiger partial charge is 0.326 e. The number of nitrogens with one attached hydrogen (secondary N) is 8. The fourth-order valence-electron chi connectivity index (χ4n) is 4.69. The Morgan fingerprint density at radius 3 is 1.61 bits per heavy atom. The number of carbonyl (C=O) groups excluding carboxylic acids is 4. The van der Waals surface area contributed by atoms with Crippen LogP contribution < -0.4 is 49.1 Å². The summed E-state index contributed by atoms with van der Waals surface area (Å²) in [6, 6.07) is 13.3. The molecular formula is C32H47N11O6. The number of carboxylic acid groups (broad SMARTS) is 1. The van der Waals surface area contributed by atoms with E-state index in [1.54, 1.807) is 30.3 Å². The highest BCUT2D eigenvalue weighted by atomic mass is 16.4. The number of aliphatic carboxylic acids is 1. The van der Waals surface area contributed by atoms with Crippen LogP contribution in [-0.4, -0.2) is 90.4 Å². The van der Waals surface area contributed by atoms with Gasteiger partial charge in [0.15, 0.2) is 11.9 Å². The van der Waals surface area contributed by atoms with E-state index < -0.39 is 60.3 Å². The molecule has 0 fully saturated rings. The minimum absolute atomic E-state index is 0.0125. The molecule has 4 amide bonds. The molecule has 0 aliphatic rings. The number of hydrogen-bond acceptors (Lipinski definition) is 8. The predicted molar refractivity (Wildman–Crippen MR) is 183 cm³/mol. The molecule has 2 rings (SSSR count). The van der Waals surface area contributed by atoms with Gasteiger partial charge in [-0.25, -0.2) is 4.79 Å². The summed E-state index contributed by atoms with van der Waals surface area (Å²) in [5.74, 6) is -4.55. The van der Waals surface area contributed by atoms with Crippen LogP contribution >= 0.6 is 0 Å². The Bertz CT molecular complexity index is 1410. The third kappa shape index (κ3) is 16.1. The van der Waals surface area contributed by atoms with Gasteiger partial charge in [0.2, 0.25) is 23.6 Å². The van der Waals surface area contributed by atoms with Crippen molar-refractivity contribution in [1.29, 1.82) is 10.8 Å². The average Bonchev–Trinajstić information content (AvgIpc) is 3.06. The maximum atomic E-state index is 13.6. The Morgan fingerprint density at radius 2 is 1.10 bits per heavy atom. The Balaban J connectivity index is 2.14. The second-order valence-corrected chi connectivity index (χ2v) is 11.2.